The molecule has 0 saturated carbocycles. The molecule has 27 heteroatoms. The number of halogens is 27. The van der Waals surface area contributed by atoms with Crippen molar-refractivity contribution in [3.05, 3.63) is 0 Å². The van der Waals surface area contributed by atoms with Crippen molar-refractivity contribution < 1.29 is 119 Å². The van der Waals surface area contributed by atoms with Crippen LogP contribution in [0.2, 0.25) is 0 Å². The lowest BCUT2D eigenvalue weighted by molar-refractivity contribution is -0.468. The van der Waals surface area contributed by atoms with Gasteiger partial charge in [0.05, 0.1) is 0 Å². The molecule has 0 rings (SSSR count). The van der Waals surface area contributed by atoms with Crippen LogP contribution < -0.4 is 0 Å². The molecule has 0 heterocycles. The number of alkyl halides is 27. The highest BCUT2D eigenvalue weighted by Gasteiger charge is 2.97. The highest BCUT2D eigenvalue weighted by molar-refractivity contribution is 5.18. The summed E-state index contributed by atoms with van der Waals surface area (Å²) in [6.07, 6.45) is -24.0. The van der Waals surface area contributed by atoms with E-state index in [-0.39, 0.29) is 0 Å². The minimum atomic E-state index is -9.53. The van der Waals surface area contributed by atoms with Crippen LogP contribution in [0.5, 0.6) is 0 Å². The second kappa shape index (κ2) is 9.05. The Labute approximate surface area is 198 Å². The Hall–Kier alpha value is -1.89. The highest BCUT2D eigenvalue weighted by Crippen LogP contribution is 2.66. The summed E-state index contributed by atoms with van der Waals surface area (Å²) >= 11 is 0. The first-order chi connectivity index (χ1) is 16.7. The van der Waals surface area contributed by atoms with Gasteiger partial charge < -0.3 is 0 Å². The molecule has 0 aromatic carbocycles. The van der Waals surface area contributed by atoms with Crippen LogP contribution in [-0.4, -0.2) is 77.7 Å². The molecule has 0 saturated heterocycles. The fourth-order valence-corrected chi connectivity index (χ4v) is 2.11. The zero-order chi connectivity index (χ0) is 33.6. The molecule has 242 valence electrons. The van der Waals surface area contributed by atoms with Gasteiger partial charge in [0.2, 0.25) is 6.17 Å². The fraction of sp³-hybridized carbons (Fsp3) is 1.00. The molecule has 40 heavy (non-hydrogen) atoms. The average molecular weight is 670 g/mol. The molecule has 0 aliphatic heterocycles. The number of rotatable bonds is 10. The van der Waals surface area contributed by atoms with Crippen molar-refractivity contribution >= 4 is 0 Å². The third kappa shape index (κ3) is 4.44. The average Bonchev–Trinajstić information content (AvgIpc) is 2.70. The predicted molar refractivity (Wildman–Crippen MR) is 66.5 cm³/mol. The van der Waals surface area contributed by atoms with Gasteiger partial charge in [0.1, 0.15) is 0 Å². The lowest BCUT2D eigenvalue weighted by atomic mass is 9.85. The Balaban J connectivity index is 7.18. The number of hydrogen-bond donors (Lipinski definition) is 0. The zero-order valence-corrected chi connectivity index (χ0v) is 16.8. The van der Waals surface area contributed by atoms with E-state index in [1.807, 2.05) is 0 Å². The summed E-state index contributed by atoms with van der Waals surface area (Å²) in [6.45, 7) is 0. The summed E-state index contributed by atoms with van der Waals surface area (Å²) < 4.78 is 347. The van der Waals surface area contributed by atoms with Gasteiger partial charge in [-0.05, 0) is 0 Å². The van der Waals surface area contributed by atoms with E-state index in [1.165, 1.54) is 0 Å². The first-order valence-corrected chi connectivity index (χ1v) is 8.21. The smallest absolute Gasteiger partial charge is 0.234 e. The summed E-state index contributed by atoms with van der Waals surface area (Å²) in [6, 6.07) is 0. The predicted octanol–water partition coefficient (Wildman–Crippen LogP) is 8.80. The largest absolute Gasteiger partial charge is 0.460 e. The second-order valence-electron chi connectivity index (χ2n) is 7.20. The molecule has 1 atom stereocenters. The van der Waals surface area contributed by atoms with Crippen molar-refractivity contribution in [2.45, 2.75) is 77.7 Å². The van der Waals surface area contributed by atoms with Gasteiger partial charge in [-0.1, -0.05) is 0 Å². The SMILES string of the molecule is FC(C(F)(F)C(F)(F)C(F)(F)C(F)(F)F)C(F)(F)C(F)(F)C(F)(F)C(F)(F)C(F)(F)C(F)(F)C(F)(F)C(F)(F)F. The van der Waals surface area contributed by atoms with Crippen LogP contribution >= 0.6 is 0 Å². The quantitative estimate of drug-likeness (QED) is 0.204. The normalized spacial score (nSPS) is 17.8. The maximum atomic E-state index is 13.4. The van der Waals surface area contributed by atoms with Gasteiger partial charge in [-0.15, -0.1) is 0 Å². The summed E-state index contributed by atoms with van der Waals surface area (Å²) in [5, 5.41) is 0. The molecule has 0 fully saturated rings. The van der Waals surface area contributed by atoms with Gasteiger partial charge in [-0.3, -0.25) is 0 Å². The third-order valence-corrected chi connectivity index (χ3v) is 4.55. The first-order valence-electron chi connectivity index (χ1n) is 8.21. The van der Waals surface area contributed by atoms with E-state index >= 15 is 0 Å². The molecular formula is C13HF27. The summed E-state index contributed by atoms with van der Waals surface area (Å²) in [5.74, 6) is -90.6. The van der Waals surface area contributed by atoms with Crippen LogP contribution in [0, 0.1) is 0 Å². The maximum absolute atomic E-state index is 13.4. The molecule has 0 aliphatic rings. The molecule has 0 bridgehead atoms. The summed E-state index contributed by atoms with van der Waals surface area (Å²) in [5.41, 5.74) is 0. The van der Waals surface area contributed by atoms with Crippen LogP contribution in [0.25, 0.3) is 0 Å². The molecule has 0 radical (unpaired) electrons. The molecule has 0 aliphatic carbocycles. The summed E-state index contributed by atoms with van der Waals surface area (Å²) in [7, 11) is 0. The Morgan fingerprint density at radius 3 is 0.600 bits per heavy atom. The van der Waals surface area contributed by atoms with Crippen molar-refractivity contribution in [2.75, 3.05) is 0 Å². The zero-order valence-electron chi connectivity index (χ0n) is 16.8. The molecule has 0 aromatic heterocycles. The van der Waals surface area contributed by atoms with Crippen molar-refractivity contribution in [3.63, 3.8) is 0 Å². The highest BCUT2D eigenvalue weighted by atomic mass is 19.4. The van der Waals surface area contributed by atoms with Crippen LogP contribution in [0.15, 0.2) is 0 Å². The Morgan fingerprint density at radius 1 is 0.225 bits per heavy atom. The Kier molecular flexibility index (Phi) is 8.63. The number of hydrogen-bond acceptors (Lipinski definition) is 0. The monoisotopic (exact) mass is 670 g/mol. The Bertz CT molecular complexity index is 912. The standard InChI is InChI=1S/C13HF27/c14-1(3(17,18)5(21,22)10(31,32)12(35,36)37)2(15,16)4(19,20)6(23,24)7(25,26)8(27,28)9(29,30)11(33,34)13(38,39)40/h1H. The molecule has 0 spiro atoms. The topological polar surface area (TPSA) is 0 Å². The molecule has 0 N–H and O–H groups in total. The van der Waals surface area contributed by atoms with E-state index < -0.39 is 77.7 Å². The fourth-order valence-electron chi connectivity index (χ4n) is 2.11. The van der Waals surface area contributed by atoms with E-state index in [4.69, 9.17) is 0 Å². The van der Waals surface area contributed by atoms with Crippen molar-refractivity contribution in [3.8, 4) is 0 Å². The van der Waals surface area contributed by atoms with Crippen LogP contribution in [0.4, 0.5) is 119 Å². The van der Waals surface area contributed by atoms with Crippen LogP contribution in [0.1, 0.15) is 0 Å². The van der Waals surface area contributed by atoms with Crippen molar-refractivity contribution in [1.29, 1.82) is 0 Å². The molecule has 1 unspecified atom stereocenters. The summed E-state index contributed by atoms with van der Waals surface area (Å²) in [4.78, 5) is 0. The van der Waals surface area contributed by atoms with E-state index in [0.29, 0.717) is 0 Å². The van der Waals surface area contributed by atoms with Crippen LogP contribution in [-0.2, 0) is 0 Å². The maximum Gasteiger partial charge on any atom is 0.460 e. The van der Waals surface area contributed by atoms with Gasteiger partial charge in [0, 0.05) is 0 Å². The lowest BCUT2D eigenvalue weighted by Crippen LogP contribution is -2.76. The molecule has 0 nitrogen and oxygen atoms in total. The van der Waals surface area contributed by atoms with E-state index in [0.717, 1.165) is 0 Å². The van der Waals surface area contributed by atoms with Crippen molar-refractivity contribution in [2.24, 2.45) is 0 Å². The van der Waals surface area contributed by atoms with Gasteiger partial charge in [0.25, 0.3) is 0 Å². The first kappa shape index (κ1) is 38.1. The minimum Gasteiger partial charge on any atom is -0.234 e. The van der Waals surface area contributed by atoms with Gasteiger partial charge in [-0.25, -0.2) is 4.39 Å². The van der Waals surface area contributed by atoms with Gasteiger partial charge in [0.15, 0.2) is 0 Å². The van der Waals surface area contributed by atoms with E-state index in [2.05, 4.69) is 0 Å². The van der Waals surface area contributed by atoms with E-state index in [9.17, 15) is 119 Å². The van der Waals surface area contributed by atoms with Gasteiger partial charge in [-0.2, -0.15) is 114 Å². The van der Waals surface area contributed by atoms with E-state index in [1.54, 1.807) is 0 Å². The minimum absolute atomic E-state index is 7.72. The van der Waals surface area contributed by atoms with Gasteiger partial charge >= 0.3 is 71.6 Å². The van der Waals surface area contributed by atoms with Crippen molar-refractivity contribution in [1.82, 2.24) is 0 Å². The lowest BCUT2D eigenvalue weighted by Gasteiger charge is -2.44. The van der Waals surface area contributed by atoms with Crippen LogP contribution in [0.3, 0.4) is 0 Å². The molecule has 0 aromatic rings. The second-order valence-corrected chi connectivity index (χ2v) is 7.20. The Morgan fingerprint density at radius 2 is 0.375 bits per heavy atom. The third-order valence-electron chi connectivity index (χ3n) is 4.55. The molecule has 0 amide bonds. The molecular weight excluding hydrogens is 669 g/mol.